The Bertz CT molecular complexity index is 950. The molecule has 2 aromatic rings. The first-order valence-electron chi connectivity index (χ1n) is 10.4. The topological polar surface area (TPSA) is 67.9 Å². The number of carbonyl (C=O) groups excluding carboxylic acids is 2. The summed E-state index contributed by atoms with van der Waals surface area (Å²) < 4.78 is 10.6. The molecule has 8 heteroatoms. The highest BCUT2D eigenvalue weighted by atomic mass is 35.5. The molecule has 2 rings (SSSR count). The van der Waals surface area contributed by atoms with Crippen LogP contribution in [0.2, 0.25) is 10.0 Å². The summed E-state index contributed by atoms with van der Waals surface area (Å²) in [5.74, 6) is 0.856. The third-order valence-corrected chi connectivity index (χ3v) is 5.62. The molecule has 0 fully saturated rings. The molecule has 6 nitrogen and oxygen atoms in total. The average molecular weight is 481 g/mol. The lowest BCUT2D eigenvalue weighted by atomic mass is 10.1. The Hall–Kier alpha value is -2.44. The summed E-state index contributed by atoms with van der Waals surface area (Å²) in [6, 6.07) is 9.97. The van der Waals surface area contributed by atoms with Crippen LogP contribution in [0.3, 0.4) is 0 Å². The van der Waals surface area contributed by atoms with E-state index in [-0.39, 0.29) is 30.8 Å². The zero-order valence-electron chi connectivity index (χ0n) is 19.1. The lowest BCUT2D eigenvalue weighted by molar-refractivity contribution is -0.140. The van der Waals surface area contributed by atoms with Gasteiger partial charge in [0.25, 0.3) is 0 Å². The molecule has 1 atom stereocenters. The second-order valence-electron chi connectivity index (χ2n) is 7.79. The van der Waals surface area contributed by atoms with E-state index in [0.29, 0.717) is 28.0 Å². The van der Waals surface area contributed by atoms with Gasteiger partial charge in [0.15, 0.2) is 11.5 Å². The number of methoxy groups -OCH3 is 2. The van der Waals surface area contributed by atoms with Gasteiger partial charge < -0.3 is 19.7 Å². The van der Waals surface area contributed by atoms with Gasteiger partial charge in [0.2, 0.25) is 11.8 Å². The number of benzene rings is 2. The van der Waals surface area contributed by atoms with Crippen LogP contribution in [0, 0.1) is 0 Å². The Morgan fingerprint density at radius 3 is 2.28 bits per heavy atom. The van der Waals surface area contributed by atoms with Crippen LogP contribution in [-0.2, 0) is 22.6 Å². The summed E-state index contributed by atoms with van der Waals surface area (Å²) in [5.41, 5.74) is 1.65. The Labute approximate surface area is 199 Å². The maximum atomic E-state index is 13.2. The normalized spacial score (nSPS) is 11.8. The maximum absolute atomic E-state index is 13.2. The van der Waals surface area contributed by atoms with Crippen molar-refractivity contribution in [3.8, 4) is 11.5 Å². The van der Waals surface area contributed by atoms with Crippen LogP contribution in [0.15, 0.2) is 36.4 Å². The molecule has 0 bridgehead atoms. The fourth-order valence-corrected chi connectivity index (χ4v) is 3.72. The molecule has 0 spiro atoms. The monoisotopic (exact) mass is 480 g/mol. The molecule has 0 aliphatic carbocycles. The average Bonchev–Trinajstić information content (AvgIpc) is 2.75. The summed E-state index contributed by atoms with van der Waals surface area (Å²) in [7, 11) is 3.14. The van der Waals surface area contributed by atoms with E-state index < -0.39 is 6.04 Å². The molecule has 1 N–H and O–H groups in total. The van der Waals surface area contributed by atoms with Gasteiger partial charge >= 0.3 is 0 Å². The van der Waals surface area contributed by atoms with E-state index in [1.165, 1.54) is 0 Å². The molecular weight excluding hydrogens is 451 g/mol. The summed E-state index contributed by atoms with van der Waals surface area (Å²) in [4.78, 5) is 27.4. The van der Waals surface area contributed by atoms with E-state index in [4.69, 9.17) is 32.7 Å². The van der Waals surface area contributed by atoms with Crippen molar-refractivity contribution >= 4 is 35.0 Å². The zero-order chi connectivity index (χ0) is 23.8. The van der Waals surface area contributed by atoms with Gasteiger partial charge in [0.05, 0.1) is 14.2 Å². The molecular formula is C24H30Cl2N2O4. The second kappa shape index (κ2) is 12.0. The third-order valence-electron chi connectivity index (χ3n) is 5.03. The molecule has 0 aromatic heterocycles. The minimum absolute atomic E-state index is 0.0345. The van der Waals surface area contributed by atoms with Gasteiger partial charge in [-0.05, 0) is 62.6 Å². The lowest BCUT2D eigenvalue weighted by Gasteiger charge is -2.30. The predicted molar refractivity (Wildman–Crippen MR) is 128 cm³/mol. The first-order chi connectivity index (χ1) is 15.2. The van der Waals surface area contributed by atoms with E-state index in [2.05, 4.69) is 5.32 Å². The van der Waals surface area contributed by atoms with Crippen LogP contribution in [0.4, 0.5) is 0 Å². The Morgan fingerprint density at radius 2 is 1.69 bits per heavy atom. The Morgan fingerprint density at radius 1 is 1.00 bits per heavy atom. The molecule has 0 saturated carbocycles. The van der Waals surface area contributed by atoms with Gasteiger partial charge in [-0.15, -0.1) is 0 Å². The predicted octanol–water partition coefficient (Wildman–Crippen LogP) is 4.89. The number of nitrogens with one attached hydrogen (secondary N) is 1. The van der Waals surface area contributed by atoms with Crippen molar-refractivity contribution in [2.75, 3.05) is 14.2 Å². The highest BCUT2D eigenvalue weighted by molar-refractivity contribution is 6.35. The molecule has 0 radical (unpaired) electrons. The Kier molecular flexibility index (Phi) is 9.66. The Balaban J connectivity index is 2.21. The summed E-state index contributed by atoms with van der Waals surface area (Å²) in [6.45, 7) is 5.68. The van der Waals surface area contributed by atoms with E-state index in [1.54, 1.807) is 44.2 Å². The van der Waals surface area contributed by atoms with E-state index in [9.17, 15) is 9.59 Å². The number of aryl methyl sites for hydroxylation is 1. The van der Waals surface area contributed by atoms with Crippen molar-refractivity contribution in [1.82, 2.24) is 10.2 Å². The van der Waals surface area contributed by atoms with Crippen LogP contribution in [0.1, 0.15) is 38.3 Å². The molecule has 0 unspecified atom stereocenters. The van der Waals surface area contributed by atoms with Gasteiger partial charge in [-0.1, -0.05) is 35.3 Å². The number of ether oxygens (including phenoxy) is 2. The first kappa shape index (κ1) is 25.8. The summed E-state index contributed by atoms with van der Waals surface area (Å²) in [6.07, 6.45) is 0.711. The summed E-state index contributed by atoms with van der Waals surface area (Å²) in [5, 5.41) is 3.83. The van der Waals surface area contributed by atoms with Crippen molar-refractivity contribution in [3.63, 3.8) is 0 Å². The lowest BCUT2D eigenvalue weighted by Crippen LogP contribution is -2.49. The molecule has 0 saturated heterocycles. The van der Waals surface area contributed by atoms with Crippen LogP contribution in [0.5, 0.6) is 11.5 Å². The SMILES string of the molecule is COc1ccc(CCC(=O)N(Cc2ccc(Cl)cc2Cl)[C@@H](C)C(=O)NC(C)C)cc1OC. The number of carbonyl (C=O) groups is 2. The van der Waals surface area contributed by atoms with Gasteiger partial charge in [-0.2, -0.15) is 0 Å². The molecule has 0 aliphatic rings. The standard InChI is InChI=1S/C24H30Cl2N2O4/c1-15(2)27-24(30)16(3)28(14-18-8-9-19(25)13-20(18)26)23(29)11-7-17-6-10-21(31-4)22(12-17)32-5/h6,8-10,12-13,15-16H,7,11,14H2,1-5H3,(H,27,30)/t16-/m0/s1. The van der Waals surface area contributed by atoms with Crippen molar-refractivity contribution in [3.05, 3.63) is 57.6 Å². The minimum atomic E-state index is -0.665. The molecule has 0 heterocycles. The fraction of sp³-hybridized carbons (Fsp3) is 0.417. The highest BCUT2D eigenvalue weighted by Crippen LogP contribution is 2.28. The van der Waals surface area contributed by atoms with Crippen molar-refractivity contribution in [1.29, 1.82) is 0 Å². The molecule has 32 heavy (non-hydrogen) atoms. The van der Waals surface area contributed by atoms with Crippen LogP contribution in [-0.4, -0.2) is 43.0 Å². The number of hydrogen-bond donors (Lipinski definition) is 1. The number of amides is 2. The van der Waals surface area contributed by atoms with Crippen LogP contribution >= 0.6 is 23.2 Å². The number of halogens is 2. The number of hydrogen-bond acceptors (Lipinski definition) is 4. The smallest absolute Gasteiger partial charge is 0.242 e. The molecule has 2 amide bonds. The van der Waals surface area contributed by atoms with Crippen molar-refractivity contribution < 1.29 is 19.1 Å². The van der Waals surface area contributed by atoms with Gasteiger partial charge in [-0.3, -0.25) is 9.59 Å². The quantitative estimate of drug-likeness (QED) is 0.525. The minimum Gasteiger partial charge on any atom is -0.493 e. The van der Waals surface area contributed by atoms with Gasteiger partial charge in [-0.25, -0.2) is 0 Å². The summed E-state index contributed by atoms with van der Waals surface area (Å²) >= 11 is 12.3. The number of rotatable bonds is 10. The van der Waals surface area contributed by atoms with Crippen LogP contribution < -0.4 is 14.8 Å². The molecule has 174 valence electrons. The van der Waals surface area contributed by atoms with E-state index in [1.807, 2.05) is 32.0 Å². The maximum Gasteiger partial charge on any atom is 0.242 e. The fourth-order valence-electron chi connectivity index (χ4n) is 3.25. The number of nitrogens with zero attached hydrogens (tertiary/aromatic N) is 1. The molecule has 0 aliphatic heterocycles. The van der Waals surface area contributed by atoms with Crippen molar-refractivity contribution in [2.24, 2.45) is 0 Å². The van der Waals surface area contributed by atoms with Gasteiger partial charge in [0, 0.05) is 29.1 Å². The molecule has 2 aromatic carbocycles. The highest BCUT2D eigenvalue weighted by Gasteiger charge is 2.27. The third kappa shape index (κ3) is 7.04. The van der Waals surface area contributed by atoms with E-state index in [0.717, 1.165) is 11.1 Å². The first-order valence-corrected chi connectivity index (χ1v) is 11.2. The zero-order valence-corrected chi connectivity index (χ0v) is 20.6. The largest absolute Gasteiger partial charge is 0.493 e. The van der Waals surface area contributed by atoms with Gasteiger partial charge in [0.1, 0.15) is 6.04 Å². The van der Waals surface area contributed by atoms with E-state index >= 15 is 0 Å². The van der Waals surface area contributed by atoms with Crippen molar-refractivity contribution in [2.45, 2.75) is 52.2 Å². The van der Waals surface area contributed by atoms with Crippen LogP contribution in [0.25, 0.3) is 0 Å². The second-order valence-corrected chi connectivity index (χ2v) is 8.63.